The molecule has 0 aliphatic carbocycles. The molecule has 12 heteroatoms. The SMILES string of the molecule is O=[N+]([O-])c1ccc(NN=C2CSCCSCCCSCCSC2)c([N+](=O)[O-])c1. The summed E-state index contributed by atoms with van der Waals surface area (Å²) in [5.74, 6) is 8.22. The first-order chi connectivity index (χ1) is 13.6. The highest BCUT2D eigenvalue weighted by atomic mass is 32.2. The van der Waals surface area contributed by atoms with Gasteiger partial charge in [0.25, 0.3) is 5.69 Å². The molecule has 1 aliphatic heterocycles. The van der Waals surface area contributed by atoms with Crippen LogP contribution < -0.4 is 5.43 Å². The van der Waals surface area contributed by atoms with E-state index in [0.29, 0.717) is 0 Å². The number of nitro benzene ring substituents is 2. The van der Waals surface area contributed by atoms with Crippen LogP contribution in [0.1, 0.15) is 6.42 Å². The van der Waals surface area contributed by atoms with Crippen LogP contribution in [-0.2, 0) is 0 Å². The molecule has 28 heavy (non-hydrogen) atoms. The van der Waals surface area contributed by atoms with Gasteiger partial charge in [-0.3, -0.25) is 25.7 Å². The number of thioether (sulfide) groups is 4. The van der Waals surface area contributed by atoms with Gasteiger partial charge in [-0.15, -0.1) is 0 Å². The van der Waals surface area contributed by atoms with Crippen LogP contribution in [0.4, 0.5) is 17.1 Å². The number of rotatable bonds is 4. The Kier molecular flexibility index (Phi) is 10.9. The first-order valence-corrected chi connectivity index (χ1v) is 13.2. The van der Waals surface area contributed by atoms with Crippen molar-refractivity contribution in [3.8, 4) is 0 Å². The molecule has 1 saturated heterocycles. The van der Waals surface area contributed by atoms with E-state index in [2.05, 4.69) is 10.5 Å². The number of hydrogen-bond acceptors (Lipinski definition) is 10. The highest BCUT2D eigenvalue weighted by Crippen LogP contribution is 2.29. The first-order valence-electron chi connectivity index (χ1n) is 8.63. The molecule has 0 unspecified atom stereocenters. The predicted octanol–water partition coefficient (Wildman–Crippen LogP) is 4.61. The average Bonchev–Trinajstić information content (AvgIpc) is 2.68. The lowest BCUT2D eigenvalue weighted by molar-refractivity contribution is -0.393. The molecule has 0 spiro atoms. The smallest absolute Gasteiger partial charge is 0.272 e. The molecular formula is C16H22N4O4S4. The van der Waals surface area contributed by atoms with Crippen LogP contribution in [0.25, 0.3) is 0 Å². The van der Waals surface area contributed by atoms with Gasteiger partial charge >= 0.3 is 5.69 Å². The fourth-order valence-electron chi connectivity index (χ4n) is 2.21. The Morgan fingerprint density at radius 2 is 1.46 bits per heavy atom. The van der Waals surface area contributed by atoms with Gasteiger partial charge in [-0.1, -0.05) is 0 Å². The standard InChI is InChI=1S/C16H22N4O4S4/c21-19(22)14-2-3-15(16(10-14)20(23)24)18-17-13-11-27-8-6-25-4-1-5-26-7-9-28-12-13/h2-3,10,18H,1,4-9,11-12H2. The summed E-state index contributed by atoms with van der Waals surface area (Å²) in [6.45, 7) is 0. The molecule has 8 nitrogen and oxygen atoms in total. The quantitative estimate of drug-likeness (QED) is 0.506. The summed E-state index contributed by atoms with van der Waals surface area (Å²) >= 11 is 7.56. The lowest BCUT2D eigenvalue weighted by Gasteiger charge is -2.09. The maximum absolute atomic E-state index is 11.2. The molecule has 2 rings (SSSR count). The maximum Gasteiger partial charge on any atom is 0.301 e. The fourth-order valence-corrected chi connectivity index (χ4v) is 6.60. The number of anilines is 1. The summed E-state index contributed by atoms with van der Waals surface area (Å²) in [4.78, 5) is 20.8. The number of non-ortho nitro benzene ring substituents is 1. The molecule has 0 radical (unpaired) electrons. The zero-order valence-electron chi connectivity index (χ0n) is 15.2. The van der Waals surface area contributed by atoms with Crippen molar-refractivity contribution in [2.75, 3.05) is 51.4 Å². The number of hydrazone groups is 1. The molecular weight excluding hydrogens is 440 g/mol. The Labute approximate surface area is 180 Å². The zero-order valence-corrected chi connectivity index (χ0v) is 18.5. The largest absolute Gasteiger partial charge is 0.301 e. The third kappa shape index (κ3) is 8.50. The summed E-state index contributed by atoms with van der Waals surface area (Å²) in [7, 11) is 0. The van der Waals surface area contributed by atoms with Crippen LogP contribution in [-0.4, -0.2) is 61.6 Å². The van der Waals surface area contributed by atoms with Crippen molar-refractivity contribution < 1.29 is 9.85 Å². The van der Waals surface area contributed by atoms with Crippen LogP contribution in [0.2, 0.25) is 0 Å². The Balaban J connectivity index is 2.05. The molecule has 1 aromatic carbocycles. The van der Waals surface area contributed by atoms with Crippen molar-refractivity contribution in [1.82, 2.24) is 0 Å². The van der Waals surface area contributed by atoms with Gasteiger partial charge in [0.05, 0.1) is 21.6 Å². The van der Waals surface area contributed by atoms with Crippen LogP contribution in [0.15, 0.2) is 23.3 Å². The van der Waals surface area contributed by atoms with Crippen molar-refractivity contribution in [1.29, 1.82) is 0 Å². The Morgan fingerprint density at radius 3 is 2.04 bits per heavy atom. The van der Waals surface area contributed by atoms with E-state index in [4.69, 9.17) is 0 Å². The minimum atomic E-state index is -0.649. The normalized spacial score (nSPS) is 17.4. The predicted molar refractivity (Wildman–Crippen MR) is 125 cm³/mol. The highest BCUT2D eigenvalue weighted by molar-refractivity contribution is 8.04. The number of nitro groups is 2. The number of hydrogen-bond donors (Lipinski definition) is 1. The van der Waals surface area contributed by atoms with Gasteiger partial charge in [0.15, 0.2) is 0 Å². The summed E-state index contributed by atoms with van der Waals surface area (Å²) in [5, 5.41) is 26.5. The van der Waals surface area contributed by atoms with Crippen molar-refractivity contribution >= 4 is 69.8 Å². The monoisotopic (exact) mass is 462 g/mol. The van der Waals surface area contributed by atoms with Crippen molar-refractivity contribution in [2.24, 2.45) is 5.10 Å². The van der Waals surface area contributed by atoms with E-state index in [9.17, 15) is 20.2 Å². The number of nitrogens with zero attached hydrogens (tertiary/aromatic N) is 3. The van der Waals surface area contributed by atoms with Crippen LogP contribution in [0, 0.1) is 20.2 Å². The average molecular weight is 463 g/mol. The Bertz CT molecular complexity index is 689. The molecule has 0 aromatic heterocycles. The number of benzene rings is 1. The lowest BCUT2D eigenvalue weighted by Crippen LogP contribution is -2.11. The van der Waals surface area contributed by atoms with Gasteiger partial charge in [-0.05, 0) is 24.0 Å². The zero-order chi connectivity index (χ0) is 20.2. The summed E-state index contributed by atoms with van der Waals surface area (Å²) in [6, 6.07) is 3.52. The highest BCUT2D eigenvalue weighted by Gasteiger charge is 2.19. The first kappa shape index (κ1) is 23.2. The fraction of sp³-hybridized carbons (Fsp3) is 0.562. The maximum atomic E-state index is 11.2. The van der Waals surface area contributed by atoms with Gasteiger partial charge < -0.3 is 0 Å². The van der Waals surface area contributed by atoms with Crippen molar-refractivity contribution in [3.05, 3.63) is 38.4 Å². The molecule has 0 bridgehead atoms. The number of nitrogens with one attached hydrogen (secondary N) is 1. The molecule has 1 fully saturated rings. The van der Waals surface area contributed by atoms with Gasteiger partial charge in [-0.2, -0.15) is 52.1 Å². The Hall–Kier alpha value is -1.11. The Morgan fingerprint density at radius 1 is 0.857 bits per heavy atom. The second-order valence-corrected chi connectivity index (χ2v) is 10.3. The summed E-state index contributed by atoms with van der Waals surface area (Å²) in [5.41, 5.74) is 3.16. The molecule has 1 aromatic rings. The van der Waals surface area contributed by atoms with Crippen LogP contribution in [0.3, 0.4) is 0 Å². The minimum Gasteiger partial charge on any atom is -0.272 e. The van der Waals surface area contributed by atoms with Crippen LogP contribution in [0.5, 0.6) is 0 Å². The van der Waals surface area contributed by atoms with Gasteiger partial charge in [0.1, 0.15) is 5.69 Å². The van der Waals surface area contributed by atoms with Gasteiger partial charge in [0, 0.05) is 40.6 Å². The van der Waals surface area contributed by atoms with E-state index in [1.54, 1.807) is 23.5 Å². The third-order valence-electron chi connectivity index (χ3n) is 3.58. The van der Waals surface area contributed by atoms with Crippen LogP contribution >= 0.6 is 47.0 Å². The van der Waals surface area contributed by atoms with Crippen molar-refractivity contribution in [3.63, 3.8) is 0 Å². The van der Waals surface area contributed by atoms with E-state index < -0.39 is 9.85 Å². The third-order valence-corrected chi connectivity index (χ3v) is 8.30. The van der Waals surface area contributed by atoms with Crippen molar-refractivity contribution in [2.45, 2.75) is 6.42 Å². The molecule has 1 N–H and O–H groups in total. The lowest BCUT2D eigenvalue weighted by atomic mass is 10.2. The van der Waals surface area contributed by atoms with E-state index >= 15 is 0 Å². The summed E-state index contributed by atoms with van der Waals surface area (Å²) in [6.07, 6.45) is 1.26. The molecule has 154 valence electrons. The van der Waals surface area contributed by atoms with Gasteiger partial charge in [0.2, 0.25) is 0 Å². The molecule has 0 atom stereocenters. The van der Waals surface area contributed by atoms with Gasteiger partial charge in [-0.25, -0.2) is 0 Å². The second-order valence-electron chi connectivity index (χ2n) is 5.69. The molecule has 0 amide bonds. The van der Waals surface area contributed by atoms with E-state index in [1.807, 2.05) is 23.5 Å². The topological polar surface area (TPSA) is 111 Å². The van der Waals surface area contributed by atoms with E-state index in [0.717, 1.165) is 46.3 Å². The molecule has 0 saturated carbocycles. The second kappa shape index (κ2) is 13.2. The minimum absolute atomic E-state index is 0.156. The van der Waals surface area contributed by atoms with E-state index in [-0.39, 0.29) is 17.1 Å². The summed E-state index contributed by atoms with van der Waals surface area (Å²) < 4.78 is 0. The molecule has 1 heterocycles. The molecule has 1 aliphatic rings. The van der Waals surface area contributed by atoms with E-state index in [1.165, 1.54) is 30.1 Å².